The Bertz CT molecular complexity index is 667. The van der Waals surface area contributed by atoms with Crippen LogP contribution in [-0.4, -0.2) is 28.9 Å². The maximum Gasteiger partial charge on any atom is 0.339 e. The van der Waals surface area contributed by atoms with Gasteiger partial charge in [0.25, 0.3) is 5.91 Å². The van der Waals surface area contributed by atoms with Crippen LogP contribution < -0.4 is 0 Å². The van der Waals surface area contributed by atoms with Gasteiger partial charge < -0.3 is 18.8 Å². The van der Waals surface area contributed by atoms with E-state index in [4.69, 9.17) is 13.9 Å². The van der Waals surface area contributed by atoms with Crippen LogP contribution in [0.5, 0.6) is 0 Å². The van der Waals surface area contributed by atoms with Crippen molar-refractivity contribution < 1.29 is 23.5 Å². The molecule has 1 amide bonds. The van der Waals surface area contributed by atoms with Gasteiger partial charge in [-0.1, -0.05) is 6.92 Å². The van der Waals surface area contributed by atoms with Crippen LogP contribution in [0.1, 0.15) is 45.1 Å². The molecule has 2 aromatic heterocycles. The van der Waals surface area contributed by atoms with E-state index in [0.29, 0.717) is 17.9 Å². The molecule has 1 N–H and O–H groups in total. The minimum atomic E-state index is -1.10. The van der Waals surface area contributed by atoms with Gasteiger partial charge in [0, 0.05) is 19.5 Å². The maximum atomic E-state index is 12.3. The summed E-state index contributed by atoms with van der Waals surface area (Å²) in [6.07, 6.45) is 0.413. The van der Waals surface area contributed by atoms with Crippen LogP contribution in [0.2, 0.25) is 0 Å². The molecule has 0 aliphatic carbocycles. The molecular weight excluding hydrogens is 274 g/mol. The van der Waals surface area contributed by atoms with Crippen molar-refractivity contribution in [3.63, 3.8) is 0 Å². The number of hydrogen-bond acceptors (Lipinski definition) is 4. The maximum absolute atomic E-state index is 12.3. The van der Waals surface area contributed by atoms with Gasteiger partial charge in [0.05, 0.1) is 6.54 Å². The molecule has 0 radical (unpaired) electrons. The summed E-state index contributed by atoms with van der Waals surface area (Å²) in [7, 11) is 1.61. The molecule has 0 aromatic carbocycles. The van der Waals surface area contributed by atoms with Crippen LogP contribution in [0.3, 0.4) is 0 Å². The number of hydrogen-bond donors (Lipinski definition) is 1. The Morgan fingerprint density at radius 3 is 2.48 bits per heavy atom. The first-order chi connectivity index (χ1) is 9.92. The molecule has 0 bridgehead atoms. The van der Waals surface area contributed by atoms with Crippen molar-refractivity contribution in [1.29, 1.82) is 0 Å². The third-order valence-corrected chi connectivity index (χ3v) is 3.11. The van der Waals surface area contributed by atoms with E-state index in [0.717, 1.165) is 5.76 Å². The third kappa shape index (κ3) is 3.16. The standard InChI is InChI=1S/C15H17NO5/c1-4-12-11(15(18)19)7-13(21-12)14(17)16(3)8-10-6-5-9(2)20-10/h5-7H,4,8H2,1-3H3,(H,18,19). The molecule has 21 heavy (non-hydrogen) atoms. The highest BCUT2D eigenvalue weighted by Crippen LogP contribution is 2.19. The zero-order valence-corrected chi connectivity index (χ0v) is 12.2. The molecule has 2 rings (SSSR count). The summed E-state index contributed by atoms with van der Waals surface area (Å²) in [5.74, 6) is 0.266. The van der Waals surface area contributed by atoms with Gasteiger partial charge >= 0.3 is 5.97 Å². The van der Waals surface area contributed by atoms with Crippen molar-refractivity contribution in [2.24, 2.45) is 0 Å². The fraction of sp³-hybridized carbons (Fsp3) is 0.333. The van der Waals surface area contributed by atoms with E-state index in [1.54, 1.807) is 20.0 Å². The quantitative estimate of drug-likeness (QED) is 0.915. The van der Waals surface area contributed by atoms with Crippen molar-refractivity contribution in [2.75, 3.05) is 7.05 Å². The summed E-state index contributed by atoms with van der Waals surface area (Å²) in [5, 5.41) is 9.07. The molecule has 0 saturated heterocycles. The average Bonchev–Trinajstić information content (AvgIpc) is 3.04. The lowest BCUT2D eigenvalue weighted by atomic mass is 10.2. The molecule has 0 spiro atoms. The minimum absolute atomic E-state index is 0.0232. The first-order valence-corrected chi connectivity index (χ1v) is 6.59. The van der Waals surface area contributed by atoms with E-state index in [1.807, 2.05) is 13.0 Å². The predicted molar refractivity (Wildman–Crippen MR) is 74.3 cm³/mol. The molecular formula is C15H17NO5. The molecule has 0 atom stereocenters. The van der Waals surface area contributed by atoms with E-state index in [2.05, 4.69) is 0 Å². The van der Waals surface area contributed by atoms with Gasteiger partial charge in [-0.25, -0.2) is 4.79 Å². The fourth-order valence-electron chi connectivity index (χ4n) is 2.04. The topological polar surface area (TPSA) is 83.9 Å². The Kier molecular flexibility index (Phi) is 4.16. The van der Waals surface area contributed by atoms with Crippen LogP contribution >= 0.6 is 0 Å². The van der Waals surface area contributed by atoms with Crippen molar-refractivity contribution in [2.45, 2.75) is 26.8 Å². The van der Waals surface area contributed by atoms with Crippen molar-refractivity contribution in [1.82, 2.24) is 4.90 Å². The van der Waals surface area contributed by atoms with Crippen LogP contribution in [0.4, 0.5) is 0 Å². The fourth-order valence-corrected chi connectivity index (χ4v) is 2.04. The third-order valence-electron chi connectivity index (χ3n) is 3.11. The largest absolute Gasteiger partial charge is 0.478 e. The molecule has 2 heterocycles. The number of amides is 1. The molecule has 0 fully saturated rings. The van der Waals surface area contributed by atoms with Crippen molar-refractivity contribution in [3.05, 3.63) is 46.8 Å². The zero-order valence-electron chi connectivity index (χ0n) is 12.2. The number of furan rings is 2. The molecule has 112 valence electrons. The van der Waals surface area contributed by atoms with E-state index in [-0.39, 0.29) is 23.8 Å². The number of carboxylic acid groups (broad SMARTS) is 1. The number of rotatable bonds is 5. The SMILES string of the molecule is CCc1oc(C(=O)N(C)Cc2ccc(C)o2)cc1C(=O)O. The summed E-state index contributed by atoms with van der Waals surface area (Å²) in [6, 6.07) is 4.88. The molecule has 6 heteroatoms. The Hall–Kier alpha value is -2.50. The van der Waals surface area contributed by atoms with Crippen molar-refractivity contribution in [3.8, 4) is 0 Å². The molecule has 2 aromatic rings. The lowest BCUT2D eigenvalue weighted by molar-refractivity contribution is 0.0692. The summed E-state index contributed by atoms with van der Waals surface area (Å²) in [5.41, 5.74) is 0.0306. The second kappa shape index (κ2) is 5.87. The number of aryl methyl sites for hydroxylation is 2. The lowest BCUT2D eigenvalue weighted by Gasteiger charge is -2.13. The second-order valence-corrected chi connectivity index (χ2v) is 4.78. The van der Waals surface area contributed by atoms with Crippen molar-refractivity contribution >= 4 is 11.9 Å². The average molecular weight is 291 g/mol. The monoisotopic (exact) mass is 291 g/mol. The van der Waals surface area contributed by atoms with E-state index in [1.165, 1.54) is 11.0 Å². The molecule has 0 aliphatic heterocycles. The minimum Gasteiger partial charge on any atom is -0.478 e. The lowest BCUT2D eigenvalue weighted by Crippen LogP contribution is -2.25. The number of nitrogens with zero attached hydrogens (tertiary/aromatic N) is 1. The van der Waals surface area contributed by atoms with Gasteiger partial charge in [-0.05, 0) is 19.1 Å². The summed E-state index contributed by atoms with van der Waals surface area (Å²) in [4.78, 5) is 24.8. The summed E-state index contributed by atoms with van der Waals surface area (Å²) >= 11 is 0. The van der Waals surface area contributed by atoms with E-state index < -0.39 is 5.97 Å². The zero-order chi connectivity index (χ0) is 15.6. The van der Waals surface area contributed by atoms with Gasteiger partial charge in [0.2, 0.25) is 0 Å². The first-order valence-electron chi connectivity index (χ1n) is 6.59. The van der Waals surface area contributed by atoms with Gasteiger partial charge in [0.15, 0.2) is 5.76 Å². The van der Waals surface area contributed by atoms with Crippen LogP contribution in [0.25, 0.3) is 0 Å². The van der Waals surface area contributed by atoms with Gasteiger partial charge in [0.1, 0.15) is 22.8 Å². The number of carboxylic acids is 1. The highest BCUT2D eigenvalue weighted by Gasteiger charge is 2.22. The highest BCUT2D eigenvalue weighted by molar-refractivity contribution is 5.96. The molecule has 0 unspecified atom stereocenters. The molecule has 6 nitrogen and oxygen atoms in total. The smallest absolute Gasteiger partial charge is 0.339 e. The normalized spacial score (nSPS) is 10.6. The van der Waals surface area contributed by atoms with Crippen LogP contribution in [-0.2, 0) is 13.0 Å². The highest BCUT2D eigenvalue weighted by atomic mass is 16.4. The number of carbonyl (C=O) groups is 2. The van der Waals surface area contributed by atoms with Gasteiger partial charge in [-0.15, -0.1) is 0 Å². The van der Waals surface area contributed by atoms with Gasteiger partial charge in [-0.3, -0.25) is 4.79 Å². The summed E-state index contributed by atoms with van der Waals surface area (Å²) in [6.45, 7) is 3.89. The van der Waals surface area contributed by atoms with Gasteiger partial charge in [-0.2, -0.15) is 0 Å². The van der Waals surface area contributed by atoms with Crippen LogP contribution in [0, 0.1) is 6.92 Å². The Balaban J connectivity index is 2.17. The molecule has 0 saturated carbocycles. The van der Waals surface area contributed by atoms with E-state index in [9.17, 15) is 9.59 Å². The number of carbonyl (C=O) groups excluding carboxylic acids is 1. The second-order valence-electron chi connectivity index (χ2n) is 4.78. The first kappa shape index (κ1) is 14.9. The Morgan fingerprint density at radius 2 is 2.00 bits per heavy atom. The number of aromatic carboxylic acids is 1. The molecule has 0 aliphatic rings. The predicted octanol–water partition coefficient (Wildman–Crippen LogP) is 2.71. The van der Waals surface area contributed by atoms with E-state index >= 15 is 0 Å². The Morgan fingerprint density at radius 1 is 1.29 bits per heavy atom. The Labute approximate surface area is 122 Å². The summed E-state index contributed by atoms with van der Waals surface area (Å²) < 4.78 is 10.8. The van der Waals surface area contributed by atoms with Crippen LogP contribution in [0.15, 0.2) is 27.0 Å².